The second kappa shape index (κ2) is 11.6. The third-order valence-electron chi connectivity index (χ3n) is 3.73. The number of hydrogen-bond acceptors (Lipinski definition) is 3. The lowest BCUT2D eigenvalue weighted by atomic mass is 10.2. The first-order valence-corrected chi connectivity index (χ1v) is 8.88. The largest absolute Gasteiger partial charge is 0.489 e. The number of ether oxygens (including phenoxy) is 2. The van der Waals surface area contributed by atoms with Gasteiger partial charge in [0.2, 0.25) is 0 Å². The van der Waals surface area contributed by atoms with E-state index in [1.807, 2.05) is 30.3 Å². The van der Waals surface area contributed by atoms with Crippen molar-refractivity contribution < 1.29 is 18.3 Å². The van der Waals surface area contributed by atoms with Gasteiger partial charge in [-0.3, -0.25) is 4.99 Å². The zero-order valence-corrected chi connectivity index (χ0v) is 15.8. The van der Waals surface area contributed by atoms with Crippen LogP contribution in [0.25, 0.3) is 0 Å². The molecule has 5 nitrogen and oxygen atoms in total. The number of nitrogens with zero attached hydrogens (tertiary/aromatic N) is 1. The molecule has 0 unspecified atom stereocenters. The molecule has 7 heteroatoms. The molecule has 2 aromatic carbocycles. The van der Waals surface area contributed by atoms with Gasteiger partial charge in [0.05, 0.1) is 0 Å². The van der Waals surface area contributed by atoms with Crippen LogP contribution in [0.5, 0.6) is 11.5 Å². The molecule has 0 aliphatic heterocycles. The summed E-state index contributed by atoms with van der Waals surface area (Å²) < 4.78 is 35.2. The van der Waals surface area contributed by atoms with Crippen LogP contribution in [0.1, 0.15) is 11.1 Å². The fourth-order valence-electron chi connectivity index (χ4n) is 2.43. The first-order valence-electron chi connectivity index (χ1n) is 8.88. The maximum Gasteiger partial charge on any atom is 0.272 e. The number of hydrogen-bond donors (Lipinski definition) is 2. The zero-order valence-electron chi connectivity index (χ0n) is 15.8. The number of para-hydroxylation sites is 1. The molecule has 2 rings (SSSR count). The third-order valence-corrected chi connectivity index (χ3v) is 3.73. The number of aliphatic imine (C=N–C) groups is 1. The van der Waals surface area contributed by atoms with Crippen LogP contribution in [-0.2, 0) is 13.1 Å². The van der Waals surface area contributed by atoms with Gasteiger partial charge in [0.1, 0.15) is 24.7 Å². The van der Waals surface area contributed by atoms with E-state index in [-0.39, 0.29) is 0 Å². The number of nitrogens with one attached hydrogen (secondary N) is 2. The van der Waals surface area contributed by atoms with Crippen molar-refractivity contribution in [2.24, 2.45) is 4.99 Å². The summed E-state index contributed by atoms with van der Waals surface area (Å²) in [6, 6.07) is 14.8. The summed E-state index contributed by atoms with van der Waals surface area (Å²) in [6.45, 7) is 4.48. The van der Waals surface area contributed by atoms with Gasteiger partial charge in [0, 0.05) is 25.7 Å². The first kappa shape index (κ1) is 21.2. The number of halogens is 2. The second-order valence-corrected chi connectivity index (χ2v) is 5.84. The molecular formula is C21H25F2N3O2. The average molecular weight is 389 g/mol. The topological polar surface area (TPSA) is 54.9 Å². The molecule has 0 radical (unpaired) electrons. The predicted molar refractivity (Wildman–Crippen MR) is 107 cm³/mol. The van der Waals surface area contributed by atoms with Crippen molar-refractivity contribution in [3.05, 3.63) is 72.3 Å². The Morgan fingerprint density at radius 2 is 1.89 bits per heavy atom. The molecule has 0 bridgehead atoms. The molecule has 0 heterocycles. The van der Waals surface area contributed by atoms with E-state index in [9.17, 15) is 8.78 Å². The molecular weight excluding hydrogens is 364 g/mol. The van der Waals surface area contributed by atoms with Crippen LogP contribution in [0.2, 0.25) is 0 Å². The molecule has 0 aliphatic rings. The molecule has 150 valence electrons. The Balaban J connectivity index is 1.88. The van der Waals surface area contributed by atoms with Gasteiger partial charge in [-0.2, -0.15) is 0 Å². The van der Waals surface area contributed by atoms with Crippen LogP contribution < -0.4 is 20.1 Å². The van der Waals surface area contributed by atoms with Gasteiger partial charge in [0.15, 0.2) is 5.96 Å². The van der Waals surface area contributed by atoms with Gasteiger partial charge in [0.25, 0.3) is 6.43 Å². The van der Waals surface area contributed by atoms with Crippen molar-refractivity contribution in [1.29, 1.82) is 0 Å². The lowest BCUT2D eigenvalue weighted by Gasteiger charge is -2.15. The van der Waals surface area contributed by atoms with Gasteiger partial charge in [-0.25, -0.2) is 8.78 Å². The maximum atomic E-state index is 12.3. The summed E-state index contributed by atoms with van der Waals surface area (Å²) in [5.74, 6) is 1.81. The predicted octanol–water partition coefficient (Wildman–Crippen LogP) is 3.76. The minimum absolute atomic E-state index is 0.413. The van der Waals surface area contributed by atoms with Crippen LogP contribution in [0.15, 0.2) is 66.2 Å². The highest BCUT2D eigenvalue weighted by Gasteiger charge is 2.06. The van der Waals surface area contributed by atoms with Crippen LogP contribution >= 0.6 is 0 Å². The van der Waals surface area contributed by atoms with E-state index < -0.39 is 13.0 Å². The first-order chi connectivity index (χ1) is 13.6. The highest BCUT2D eigenvalue weighted by Crippen LogP contribution is 2.17. The van der Waals surface area contributed by atoms with Crippen molar-refractivity contribution in [1.82, 2.24) is 10.6 Å². The Bertz CT molecular complexity index is 782. The fourth-order valence-corrected chi connectivity index (χ4v) is 2.43. The SMILES string of the molecule is C=CCOc1ccccc1CNC(=NC)NCc1cccc(OCC(F)F)c1. The van der Waals surface area contributed by atoms with E-state index in [1.54, 1.807) is 31.3 Å². The van der Waals surface area contributed by atoms with Gasteiger partial charge >= 0.3 is 0 Å². The molecule has 0 aromatic heterocycles. The summed E-state index contributed by atoms with van der Waals surface area (Å²) >= 11 is 0. The molecule has 0 saturated carbocycles. The van der Waals surface area contributed by atoms with Crippen molar-refractivity contribution >= 4 is 5.96 Å². The molecule has 28 heavy (non-hydrogen) atoms. The van der Waals surface area contributed by atoms with Crippen molar-refractivity contribution in [3.63, 3.8) is 0 Å². The molecule has 0 fully saturated rings. The highest BCUT2D eigenvalue weighted by atomic mass is 19.3. The van der Waals surface area contributed by atoms with E-state index >= 15 is 0 Å². The van der Waals surface area contributed by atoms with Crippen molar-refractivity contribution in [2.75, 3.05) is 20.3 Å². The van der Waals surface area contributed by atoms with Crippen molar-refractivity contribution in [2.45, 2.75) is 19.5 Å². The molecule has 2 N–H and O–H groups in total. The van der Waals surface area contributed by atoms with Crippen LogP contribution in [0.3, 0.4) is 0 Å². The summed E-state index contributed by atoms with van der Waals surface area (Å²) in [7, 11) is 1.68. The monoisotopic (exact) mass is 389 g/mol. The van der Waals surface area contributed by atoms with Gasteiger partial charge in [-0.1, -0.05) is 43.0 Å². The molecule has 0 saturated heterocycles. The fraction of sp³-hybridized carbons (Fsp3) is 0.286. The Morgan fingerprint density at radius 3 is 2.64 bits per heavy atom. The number of benzene rings is 2. The number of guanidine groups is 1. The quantitative estimate of drug-likeness (QED) is 0.369. The average Bonchev–Trinajstić information content (AvgIpc) is 2.72. The number of rotatable bonds is 10. The molecule has 0 atom stereocenters. The molecule has 0 spiro atoms. The zero-order chi connectivity index (χ0) is 20.2. The summed E-state index contributed by atoms with van der Waals surface area (Å²) in [5.41, 5.74) is 1.89. The van der Waals surface area contributed by atoms with Gasteiger partial charge < -0.3 is 20.1 Å². The second-order valence-electron chi connectivity index (χ2n) is 5.84. The van der Waals surface area contributed by atoms with Crippen molar-refractivity contribution in [3.8, 4) is 11.5 Å². The van der Waals surface area contributed by atoms with E-state index in [0.717, 1.165) is 16.9 Å². The normalized spacial score (nSPS) is 11.2. The lowest BCUT2D eigenvalue weighted by molar-refractivity contribution is 0.0818. The Labute approximate surface area is 164 Å². The third kappa shape index (κ3) is 7.26. The van der Waals surface area contributed by atoms with E-state index in [4.69, 9.17) is 9.47 Å². The lowest BCUT2D eigenvalue weighted by Crippen LogP contribution is -2.36. The van der Waals surface area contributed by atoms with E-state index in [2.05, 4.69) is 22.2 Å². The van der Waals surface area contributed by atoms with Crippen LogP contribution in [0, 0.1) is 0 Å². The van der Waals surface area contributed by atoms with Gasteiger partial charge in [-0.05, 0) is 23.8 Å². The maximum absolute atomic E-state index is 12.3. The highest BCUT2D eigenvalue weighted by molar-refractivity contribution is 5.79. The van der Waals surface area contributed by atoms with Crippen LogP contribution in [-0.4, -0.2) is 32.6 Å². The standard InChI is InChI=1S/C21H25F2N3O2/c1-3-11-27-19-10-5-4-8-17(19)14-26-21(24-2)25-13-16-7-6-9-18(12-16)28-15-20(22)23/h3-10,12,20H,1,11,13-15H2,2H3,(H2,24,25,26). The molecule has 2 aromatic rings. The molecule has 0 amide bonds. The Hall–Kier alpha value is -3.09. The molecule has 0 aliphatic carbocycles. The van der Waals surface area contributed by atoms with E-state index in [0.29, 0.717) is 31.4 Å². The Kier molecular flexibility index (Phi) is 8.78. The summed E-state index contributed by atoms with van der Waals surface area (Å²) in [5, 5.41) is 6.42. The minimum atomic E-state index is -2.50. The van der Waals surface area contributed by atoms with Crippen LogP contribution in [0.4, 0.5) is 8.78 Å². The van der Waals surface area contributed by atoms with Gasteiger partial charge in [-0.15, -0.1) is 0 Å². The minimum Gasteiger partial charge on any atom is -0.489 e. The summed E-state index contributed by atoms with van der Waals surface area (Å²) in [4.78, 5) is 4.20. The number of alkyl halides is 2. The summed E-state index contributed by atoms with van der Waals surface area (Å²) in [6.07, 6.45) is -0.799. The van der Waals surface area contributed by atoms with E-state index in [1.165, 1.54) is 0 Å². The Morgan fingerprint density at radius 1 is 1.11 bits per heavy atom. The smallest absolute Gasteiger partial charge is 0.272 e.